The number of allylic oxidation sites excluding steroid dienone is 1. The zero-order valence-corrected chi connectivity index (χ0v) is 13.6. The van der Waals surface area contributed by atoms with E-state index in [1.807, 2.05) is 0 Å². The zero-order chi connectivity index (χ0) is 14.8. The molecule has 0 heterocycles. The number of benzene rings is 1. The van der Waals surface area contributed by atoms with Crippen molar-refractivity contribution >= 4 is 5.76 Å². The number of fused-ring (bicyclic) bond motifs is 2. The number of hydrogen-bond donors (Lipinski definition) is 0. The number of ether oxygens (including phenoxy) is 1. The Hall–Kier alpha value is -1.24. The van der Waals surface area contributed by atoms with Crippen molar-refractivity contribution in [3.05, 3.63) is 41.5 Å². The van der Waals surface area contributed by atoms with E-state index in [4.69, 9.17) is 4.74 Å². The number of rotatable bonds is 5. The van der Waals surface area contributed by atoms with Crippen molar-refractivity contribution in [2.24, 2.45) is 23.7 Å². The van der Waals surface area contributed by atoms with Gasteiger partial charge in [-0.3, -0.25) is 0 Å². The summed E-state index contributed by atoms with van der Waals surface area (Å²) in [6.07, 6.45) is 7.73. The molecule has 1 nitrogen and oxygen atoms in total. The molecule has 0 aliphatic heterocycles. The van der Waals surface area contributed by atoms with Crippen LogP contribution >= 0.6 is 0 Å². The van der Waals surface area contributed by atoms with Crippen molar-refractivity contribution in [1.82, 2.24) is 0 Å². The Bertz CT molecular complexity index is 514. The van der Waals surface area contributed by atoms with Crippen LogP contribution in [0.5, 0.6) is 0 Å². The molecule has 4 unspecified atom stereocenters. The van der Waals surface area contributed by atoms with E-state index in [1.165, 1.54) is 36.8 Å². The van der Waals surface area contributed by atoms with Crippen LogP contribution in [0.4, 0.5) is 0 Å². The molecular weight excluding hydrogens is 256 g/mol. The van der Waals surface area contributed by atoms with Crippen molar-refractivity contribution in [3.8, 4) is 0 Å². The molecule has 1 heteroatoms. The molecule has 2 aliphatic carbocycles. The highest BCUT2D eigenvalue weighted by atomic mass is 16.5. The predicted molar refractivity (Wildman–Crippen MR) is 88.9 cm³/mol. The molecular formula is C20H28O. The third kappa shape index (κ3) is 3.02. The molecule has 2 aliphatic rings. The maximum absolute atomic E-state index is 6.12. The smallest absolute Gasteiger partial charge is 0.122 e. The summed E-state index contributed by atoms with van der Waals surface area (Å²) in [6.45, 7) is 7.53. The molecule has 2 bridgehead atoms. The first kappa shape index (κ1) is 14.7. The van der Waals surface area contributed by atoms with Crippen LogP contribution in [0.2, 0.25) is 0 Å². The first-order valence-electron chi connectivity index (χ1n) is 8.54. The lowest BCUT2D eigenvalue weighted by atomic mass is 9.81. The van der Waals surface area contributed by atoms with Gasteiger partial charge in [-0.1, -0.05) is 31.2 Å². The Morgan fingerprint density at radius 1 is 1.19 bits per heavy atom. The summed E-state index contributed by atoms with van der Waals surface area (Å²) < 4.78 is 6.12. The van der Waals surface area contributed by atoms with Crippen LogP contribution in [-0.2, 0) is 4.74 Å². The maximum Gasteiger partial charge on any atom is 0.122 e. The SMILES string of the molecule is C/C=C(/OCCC1CC2CC1CC2C)c1ccccc1C. The Morgan fingerprint density at radius 3 is 2.62 bits per heavy atom. The summed E-state index contributed by atoms with van der Waals surface area (Å²) in [5.41, 5.74) is 2.53. The zero-order valence-electron chi connectivity index (χ0n) is 13.6. The van der Waals surface area contributed by atoms with Crippen molar-refractivity contribution in [2.75, 3.05) is 6.61 Å². The second kappa shape index (κ2) is 6.25. The summed E-state index contributed by atoms with van der Waals surface area (Å²) in [5, 5.41) is 0. The van der Waals surface area contributed by atoms with Gasteiger partial charge in [0, 0.05) is 5.56 Å². The molecule has 2 saturated carbocycles. The summed E-state index contributed by atoms with van der Waals surface area (Å²) >= 11 is 0. The highest BCUT2D eigenvalue weighted by Crippen LogP contribution is 2.52. The fourth-order valence-electron chi connectivity index (χ4n) is 4.52. The molecule has 3 rings (SSSR count). The number of aryl methyl sites for hydroxylation is 1. The van der Waals surface area contributed by atoms with Gasteiger partial charge in [0.05, 0.1) is 6.61 Å². The molecule has 114 valence electrons. The third-order valence-corrected chi connectivity index (χ3v) is 5.78. The van der Waals surface area contributed by atoms with Gasteiger partial charge in [0.1, 0.15) is 5.76 Å². The molecule has 0 aromatic heterocycles. The molecule has 0 N–H and O–H groups in total. The van der Waals surface area contributed by atoms with Gasteiger partial charge in [-0.15, -0.1) is 0 Å². The largest absolute Gasteiger partial charge is 0.493 e. The van der Waals surface area contributed by atoms with E-state index in [0.717, 1.165) is 36.0 Å². The first-order chi connectivity index (χ1) is 10.2. The van der Waals surface area contributed by atoms with Gasteiger partial charge in [0.15, 0.2) is 0 Å². The van der Waals surface area contributed by atoms with Crippen LogP contribution in [0, 0.1) is 30.6 Å². The summed E-state index contributed by atoms with van der Waals surface area (Å²) in [4.78, 5) is 0. The normalized spacial score (nSPS) is 31.7. The van der Waals surface area contributed by atoms with Crippen LogP contribution in [0.1, 0.15) is 50.7 Å². The lowest BCUT2D eigenvalue weighted by Crippen LogP contribution is -2.17. The molecule has 1 aromatic carbocycles. The molecule has 21 heavy (non-hydrogen) atoms. The van der Waals surface area contributed by atoms with E-state index in [1.54, 1.807) is 0 Å². The highest BCUT2D eigenvalue weighted by molar-refractivity contribution is 5.62. The molecule has 2 fully saturated rings. The topological polar surface area (TPSA) is 9.23 Å². The minimum atomic E-state index is 0.871. The molecule has 4 atom stereocenters. The summed E-state index contributed by atoms with van der Waals surface area (Å²) in [7, 11) is 0. The van der Waals surface area contributed by atoms with Crippen LogP contribution in [0.3, 0.4) is 0 Å². The van der Waals surface area contributed by atoms with Crippen LogP contribution in [-0.4, -0.2) is 6.61 Å². The van der Waals surface area contributed by atoms with Gasteiger partial charge in [0.2, 0.25) is 0 Å². The van der Waals surface area contributed by atoms with Crippen molar-refractivity contribution in [3.63, 3.8) is 0 Å². The van der Waals surface area contributed by atoms with Crippen LogP contribution in [0.15, 0.2) is 30.3 Å². The maximum atomic E-state index is 6.12. The van der Waals surface area contributed by atoms with Gasteiger partial charge in [-0.25, -0.2) is 0 Å². The van der Waals surface area contributed by atoms with E-state index in [9.17, 15) is 0 Å². The molecule has 0 saturated heterocycles. The third-order valence-electron chi connectivity index (χ3n) is 5.78. The van der Waals surface area contributed by atoms with E-state index in [-0.39, 0.29) is 0 Å². The lowest BCUT2D eigenvalue weighted by molar-refractivity contribution is 0.195. The average molecular weight is 284 g/mol. The quantitative estimate of drug-likeness (QED) is 0.654. The Morgan fingerprint density at radius 2 is 2.00 bits per heavy atom. The predicted octanol–water partition coefficient (Wildman–Crippen LogP) is 5.44. The minimum absolute atomic E-state index is 0.871. The van der Waals surface area contributed by atoms with Gasteiger partial charge in [-0.05, 0) is 74.8 Å². The van der Waals surface area contributed by atoms with Gasteiger partial charge in [0.25, 0.3) is 0 Å². The fraction of sp³-hybridized carbons (Fsp3) is 0.600. The van der Waals surface area contributed by atoms with Crippen LogP contribution < -0.4 is 0 Å². The Kier molecular flexibility index (Phi) is 4.37. The second-order valence-electron chi connectivity index (χ2n) is 7.07. The molecule has 0 amide bonds. The van der Waals surface area contributed by atoms with Crippen LogP contribution in [0.25, 0.3) is 5.76 Å². The minimum Gasteiger partial charge on any atom is -0.493 e. The number of hydrogen-bond acceptors (Lipinski definition) is 1. The molecule has 0 radical (unpaired) electrons. The molecule has 1 aromatic rings. The van der Waals surface area contributed by atoms with Gasteiger partial charge >= 0.3 is 0 Å². The van der Waals surface area contributed by atoms with E-state index < -0.39 is 0 Å². The monoisotopic (exact) mass is 284 g/mol. The average Bonchev–Trinajstić information content (AvgIpc) is 3.04. The summed E-state index contributed by atoms with van der Waals surface area (Å²) in [6, 6.07) is 8.48. The standard InChI is InChI=1S/C20H28O/c1-4-20(19-8-6-5-7-14(19)2)21-10-9-16-12-17-13-18(16)11-15(17)3/h4-8,15-18H,9-13H2,1-3H3/b20-4+. The van der Waals surface area contributed by atoms with E-state index in [0.29, 0.717) is 0 Å². The Labute approximate surface area is 129 Å². The van der Waals surface area contributed by atoms with Crippen molar-refractivity contribution < 1.29 is 4.74 Å². The van der Waals surface area contributed by atoms with E-state index >= 15 is 0 Å². The molecule has 0 spiro atoms. The first-order valence-corrected chi connectivity index (χ1v) is 8.54. The highest BCUT2D eigenvalue weighted by Gasteiger charge is 2.43. The van der Waals surface area contributed by atoms with Gasteiger partial charge < -0.3 is 4.74 Å². The Balaban J connectivity index is 1.52. The van der Waals surface area contributed by atoms with Gasteiger partial charge in [-0.2, -0.15) is 0 Å². The summed E-state index contributed by atoms with van der Waals surface area (Å²) in [5.74, 6) is 4.94. The van der Waals surface area contributed by atoms with E-state index in [2.05, 4.69) is 51.1 Å². The second-order valence-corrected chi connectivity index (χ2v) is 7.07. The van der Waals surface area contributed by atoms with Crippen molar-refractivity contribution in [1.29, 1.82) is 0 Å². The lowest BCUT2D eigenvalue weighted by Gasteiger charge is -2.25. The fourth-order valence-corrected chi connectivity index (χ4v) is 4.52. The van der Waals surface area contributed by atoms with Crippen molar-refractivity contribution in [2.45, 2.75) is 46.5 Å².